The van der Waals surface area contributed by atoms with E-state index in [1.165, 1.54) is 0 Å². The number of hydrogen-bond donors (Lipinski definition) is 2. The van der Waals surface area contributed by atoms with Crippen molar-refractivity contribution in [1.82, 2.24) is 5.32 Å². The summed E-state index contributed by atoms with van der Waals surface area (Å²) in [5.74, 6) is 1.55. The Morgan fingerprint density at radius 2 is 1.76 bits per heavy atom. The van der Waals surface area contributed by atoms with Crippen LogP contribution in [-0.4, -0.2) is 39.9 Å². The number of methoxy groups -OCH3 is 2. The zero-order valence-corrected chi connectivity index (χ0v) is 19.8. The van der Waals surface area contributed by atoms with Gasteiger partial charge in [-0.1, -0.05) is 30.3 Å². The van der Waals surface area contributed by atoms with Crippen LogP contribution in [0.25, 0.3) is 0 Å². The van der Waals surface area contributed by atoms with E-state index in [2.05, 4.69) is 22.8 Å². The van der Waals surface area contributed by atoms with Crippen LogP contribution in [0.3, 0.4) is 0 Å². The smallest absolute Gasteiger partial charge is 0.196 e. The van der Waals surface area contributed by atoms with Crippen LogP contribution in [0, 0.1) is 0 Å². The van der Waals surface area contributed by atoms with Crippen molar-refractivity contribution < 1.29 is 14.2 Å². The molecule has 2 aromatic carbocycles. The fraction of sp³-hybridized carbons (Fsp3) is 0.409. The maximum atomic E-state index is 5.77. The molecule has 2 rings (SSSR count). The predicted molar refractivity (Wildman–Crippen MR) is 129 cm³/mol. The lowest BCUT2D eigenvalue weighted by Gasteiger charge is -2.13. The molecule has 0 aliphatic rings. The van der Waals surface area contributed by atoms with Gasteiger partial charge in [-0.15, -0.1) is 24.0 Å². The third-order valence-corrected chi connectivity index (χ3v) is 4.03. The first kappa shape index (κ1) is 25.2. The van der Waals surface area contributed by atoms with E-state index in [1.54, 1.807) is 14.2 Å². The number of nitrogens with one attached hydrogen (secondary N) is 2. The summed E-state index contributed by atoms with van der Waals surface area (Å²) < 4.78 is 16.1. The Kier molecular flexibility index (Phi) is 13.1. The third kappa shape index (κ3) is 9.47. The molecular weight excluding hydrogens is 481 g/mol. The number of benzene rings is 2. The van der Waals surface area contributed by atoms with Crippen LogP contribution in [0.5, 0.6) is 5.75 Å². The van der Waals surface area contributed by atoms with Crippen molar-refractivity contribution in [3.05, 3.63) is 59.7 Å². The van der Waals surface area contributed by atoms with Gasteiger partial charge >= 0.3 is 0 Å². The molecule has 29 heavy (non-hydrogen) atoms. The maximum Gasteiger partial charge on any atom is 0.196 e. The highest BCUT2D eigenvalue weighted by Crippen LogP contribution is 2.18. The van der Waals surface area contributed by atoms with Crippen LogP contribution in [-0.2, 0) is 22.6 Å². The largest absolute Gasteiger partial charge is 0.493 e. The lowest BCUT2D eigenvalue weighted by atomic mass is 10.1. The van der Waals surface area contributed by atoms with Gasteiger partial charge in [0.05, 0.1) is 19.8 Å². The molecule has 0 spiro atoms. The van der Waals surface area contributed by atoms with Gasteiger partial charge in [0.1, 0.15) is 5.75 Å². The standard InChI is InChI=1S/C22H31N3O3.HI/c1-4-23-22(24-16-18-9-5-6-10-19(18)17-27-3)25-20-11-7-12-21(15-20)28-14-8-13-26-2;/h5-7,9-12,15H,4,8,13-14,16-17H2,1-3H3,(H2,23,24,25);1H. The minimum absolute atomic E-state index is 0. The lowest BCUT2D eigenvalue weighted by molar-refractivity contribution is 0.172. The summed E-state index contributed by atoms with van der Waals surface area (Å²) in [6, 6.07) is 16.1. The Bertz CT molecular complexity index is 741. The molecule has 0 unspecified atom stereocenters. The Morgan fingerprint density at radius 3 is 2.48 bits per heavy atom. The van der Waals surface area contributed by atoms with E-state index in [1.807, 2.05) is 43.3 Å². The Labute approximate surface area is 191 Å². The molecule has 2 aromatic rings. The minimum Gasteiger partial charge on any atom is -0.493 e. The van der Waals surface area contributed by atoms with Crippen molar-refractivity contribution in [2.45, 2.75) is 26.5 Å². The van der Waals surface area contributed by atoms with Crippen LogP contribution in [0.15, 0.2) is 53.5 Å². The van der Waals surface area contributed by atoms with Gasteiger partial charge in [-0.25, -0.2) is 4.99 Å². The van der Waals surface area contributed by atoms with Gasteiger partial charge in [0.15, 0.2) is 5.96 Å². The molecule has 0 heterocycles. The number of anilines is 1. The van der Waals surface area contributed by atoms with Crippen LogP contribution >= 0.6 is 24.0 Å². The van der Waals surface area contributed by atoms with Crippen LogP contribution < -0.4 is 15.4 Å². The number of hydrogen-bond acceptors (Lipinski definition) is 4. The Hall–Kier alpha value is -1.84. The maximum absolute atomic E-state index is 5.77. The zero-order chi connectivity index (χ0) is 20.0. The molecule has 0 saturated carbocycles. The van der Waals surface area contributed by atoms with Gasteiger partial charge in [0.25, 0.3) is 0 Å². The summed E-state index contributed by atoms with van der Waals surface area (Å²) in [6.07, 6.45) is 0.860. The van der Waals surface area contributed by atoms with E-state index in [0.29, 0.717) is 26.4 Å². The molecule has 2 N–H and O–H groups in total. The Morgan fingerprint density at radius 1 is 0.966 bits per heavy atom. The van der Waals surface area contributed by atoms with Crippen molar-refractivity contribution in [3.8, 4) is 5.75 Å². The molecule has 0 aliphatic heterocycles. The molecule has 160 valence electrons. The summed E-state index contributed by atoms with van der Waals surface area (Å²) >= 11 is 0. The van der Waals surface area contributed by atoms with Gasteiger partial charge in [-0.05, 0) is 30.2 Å². The van der Waals surface area contributed by atoms with E-state index >= 15 is 0 Å². The molecule has 7 heteroatoms. The highest BCUT2D eigenvalue weighted by molar-refractivity contribution is 14.0. The van der Waals surface area contributed by atoms with Crippen molar-refractivity contribution in [3.63, 3.8) is 0 Å². The number of halogens is 1. The number of ether oxygens (including phenoxy) is 3. The first-order valence-corrected chi connectivity index (χ1v) is 9.59. The quantitative estimate of drug-likeness (QED) is 0.201. The lowest BCUT2D eigenvalue weighted by Crippen LogP contribution is -2.30. The average molecular weight is 513 g/mol. The van der Waals surface area contributed by atoms with Crippen molar-refractivity contribution in [2.75, 3.05) is 39.3 Å². The van der Waals surface area contributed by atoms with Crippen molar-refractivity contribution in [1.29, 1.82) is 0 Å². The second kappa shape index (κ2) is 15.1. The number of guanidine groups is 1. The van der Waals surface area contributed by atoms with Gasteiger partial charge in [-0.3, -0.25) is 0 Å². The zero-order valence-electron chi connectivity index (χ0n) is 17.4. The van der Waals surface area contributed by atoms with E-state index in [0.717, 1.165) is 41.5 Å². The fourth-order valence-electron chi connectivity index (χ4n) is 2.67. The third-order valence-electron chi connectivity index (χ3n) is 4.03. The molecule has 0 fully saturated rings. The van der Waals surface area contributed by atoms with Crippen LogP contribution in [0.2, 0.25) is 0 Å². The molecule has 0 atom stereocenters. The van der Waals surface area contributed by atoms with Crippen molar-refractivity contribution in [2.24, 2.45) is 4.99 Å². The molecular formula is C22H32IN3O3. The SMILES string of the molecule is CCNC(=NCc1ccccc1COC)Nc1cccc(OCCCOC)c1.I. The summed E-state index contributed by atoms with van der Waals surface area (Å²) in [5.41, 5.74) is 3.22. The monoisotopic (exact) mass is 513 g/mol. The van der Waals surface area contributed by atoms with E-state index in [9.17, 15) is 0 Å². The second-order valence-corrected chi connectivity index (χ2v) is 6.24. The summed E-state index contributed by atoms with van der Waals surface area (Å²) in [5, 5.41) is 6.63. The Balaban J connectivity index is 0.00000420. The highest BCUT2D eigenvalue weighted by Gasteiger charge is 2.04. The molecule has 0 amide bonds. The van der Waals surface area contributed by atoms with E-state index < -0.39 is 0 Å². The molecule has 0 aliphatic carbocycles. The summed E-state index contributed by atoms with van der Waals surface area (Å²) in [4.78, 5) is 4.72. The molecule has 0 radical (unpaired) electrons. The molecule has 0 saturated heterocycles. The minimum atomic E-state index is 0. The molecule has 6 nitrogen and oxygen atoms in total. The van der Waals surface area contributed by atoms with Gasteiger partial charge in [0.2, 0.25) is 0 Å². The normalized spacial score (nSPS) is 10.9. The molecule has 0 bridgehead atoms. The first-order valence-electron chi connectivity index (χ1n) is 9.59. The number of rotatable bonds is 11. The van der Waals surface area contributed by atoms with Crippen LogP contribution in [0.4, 0.5) is 5.69 Å². The number of nitrogens with zero attached hydrogens (tertiary/aromatic N) is 1. The summed E-state index contributed by atoms with van der Waals surface area (Å²) in [7, 11) is 3.40. The predicted octanol–water partition coefficient (Wildman–Crippen LogP) is 4.44. The van der Waals surface area contributed by atoms with E-state index in [-0.39, 0.29) is 24.0 Å². The second-order valence-electron chi connectivity index (χ2n) is 6.24. The van der Waals surface area contributed by atoms with Crippen LogP contribution in [0.1, 0.15) is 24.5 Å². The first-order chi connectivity index (χ1) is 13.8. The van der Waals surface area contributed by atoms with Gasteiger partial charge in [0, 0.05) is 45.5 Å². The van der Waals surface area contributed by atoms with Gasteiger partial charge in [-0.2, -0.15) is 0 Å². The fourth-order valence-corrected chi connectivity index (χ4v) is 2.67. The van der Waals surface area contributed by atoms with Crippen molar-refractivity contribution >= 4 is 35.6 Å². The topological polar surface area (TPSA) is 64.1 Å². The average Bonchev–Trinajstić information content (AvgIpc) is 2.71. The van der Waals surface area contributed by atoms with Gasteiger partial charge < -0.3 is 24.8 Å². The highest BCUT2D eigenvalue weighted by atomic mass is 127. The van der Waals surface area contributed by atoms with E-state index in [4.69, 9.17) is 19.2 Å². The summed E-state index contributed by atoms with van der Waals surface area (Å²) in [6.45, 7) is 5.30. The number of aliphatic imine (C=N–C) groups is 1. The molecule has 0 aromatic heterocycles.